The molecule has 1 heterocycles. The summed E-state index contributed by atoms with van der Waals surface area (Å²) >= 11 is 0.761. The van der Waals surface area contributed by atoms with E-state index in [0.717, 1.165) is 37.2 Å². The fourth-order valence-electron chi connectivity index (χ4n) is 1.69. The van der Waals surface area contributed by atoms with Gasteiger partial charge in [-0.3, -0.25) is 10.1 Å². The first-order valence-electron chi connectivity index (χ1n) is 6.62. The summed E-state index contributed by atoms with van der Waals surface area (Å²) in [4.78, 5) is 22.6. The molecule has 0 spiro atoms. The molecule has 1 aromatic rings. The van der Waals surface area contributed by atoms with E-state index in [9.17, 15) is 32.3 Å². The number of phenolic OH excluding ortho intramolecular Hbond substituents is 1. The van der Waals surface area contributed by atoms with Crippen molar-refractivity contribution in [2.45, 2.75) is 6.18 Å². The number of hydrogen-bond acceptors (Lipinski definition) is 7. The normalized spacial score (nSPS) is 18.0. The number of nitrogens with zero attached hydrogens (tertiary/aromatic N) is 2. The number of thioether (sulfide) groups is 1. The van der Waals surface area contributed by atoms with Crippen LogP contribution in [-0.2, 0) is 20.5 Å². The predicted molar refractivity (Wildman–Crippen MR) is 83.9 cm³/mol. The number of methoxy groups -OCH3 is 1. The molecule has 12 heteroatoms. The Labute approximate surface area is 147 Å². The highest BCUT2D eigenvalue weighted by atomic mass is 32.2. The van der Waals surface area contributed by atoms with E-state index >= 15 is 0 Å². The highest BCUT2D eigenvalue weighted by Gasteiger charge is 2.35. The minimum atomic E-state index is -4.95. The molecule has 0 aromatic heterocycles. The Morgan fingerprint density at radius 3 is 2.69 bits per heavy atom. The van der Waals surface area contributed by atoms with E-state index in [1.807, 2.05) is 0 Å². The van der Waals surface area contributed by atoms with Crippen molar-refractivity contribution in [1.82, 2.24) is 5.32 Å². The molecule has 2 N–H and O–H groups in total. The van der Waals surface area contributed by atoms with Crippen LogP contribution in [0.3, 0.4) is 0 Å². The molecule has 7 nitrogen and oxygen atoms in total. The summed E-state index contributed by atoms with van der Waals surface area (Å²) in [7, 11) is 1.13. The summed E-state index contributed by atoms with van der Waals surface area (Å²) in [5.41, 5.74) is -1.96. The second-order valence-corrected chi connectivity index (χ2v) is 5.63. The lowest BCUT2D eigenvalue weighted by molar-refractivity contribution is -0.140. The molecule has 0 atom stereocenters. The topological polar surface area (TPSA) is 100 Å². The molecule has 0 radical (unpaired) electrons. The third kappa shape index (κ3) is 4.39. The average Bonchev–Trinajstić information content (AvgIpc) is 2.90. The molecule has 26 heavy (non-hydrogen) atoms. The summed E-state index contributed by atoms with van der Waals surface area (Å²) in [6.07, 6.45) is -3.21. The first-order chi connectivity index (χ1) is 12.1. The van der Waals surface area contributed by atoms with E-state index < -0.39 is 35.2 Å². The molecule has 0 unspecified atom stereocenters. The van der Waals surface area contributed by atoms with Crippen LogP contribution in [0.2, 0.25) is 0 Å². The molecule has 1 aliphatic heterocycles. The second-order valence-electron chi connectivity index (χ2n) is 4.60. The van der Waals surface area contributed by atoms with Crippen LogP contribution in [0.4, 0.5) is 17.6 Å². The molecule has 0 aliphatic carbocycles. The van der Waals surface area contributed by atoms with Gasteiger partial charge < -0.3 is 9.84 Å². The fraction of sp³-hybridized carbons (Fsp3) is 0.143. The molecule has 0 bridgehead atoms. The van der Waals surface area contributed by atoms with E-state index in [2.05, 4.69) is 20.3 Å². The van der Waals surface area contributed by atoms with Crippen molar-refractivity contribution in [2.24, 2.45) is 10.2 Å². The maximum absolute atomic E-state index is 13.6. The second kappa shape index (κ2) is 7.56. The Bertz CT molecular complexity index is 849. The van der Waals surface area contributed by atoms with Gasteiger partial charge in [0.2, 0.25) is 0 Å². The summed E-state index contributed by atoms with van der Waals surface area (Å²) in [6.45, 7) is 0. The van der Waals surface area contributed by atoms with Gasteiger partial charge >= 0.3 is 12.1 Å². The van der Waals surface area contributed by atoms with Gasteiger partial charge in [-0.2, -0.15) is 18.3 Å². The first-order valence-corrected chi connectivity index (χ1v) is 7.43. The van der Waals surface area contributed by atoms with Crippen molar-refractivity contribution in [3.05, 3.63) is 40.1 Å². The summed E-state index contributed by atoms with van der Waals surface area (Å²) in [5, 5.41) is 18.8. The maximum Gasteiger partial charge on any atom is 0.419 e. The van der Waals surface area contributed by atoms with E-state index in [0.29, 0.717) is 6.07 Å². The number of halogens is 4. The molecule has 138 valence electrons. The van der Waals surface area contributed by atoms with Crippen LogP contribution in [0.1, 0.15) is 11.1 Å². The number of hydrogen-bond donors (Lipinski definition) is 2. The number of ether oxygens (including phenoxy) is 1. The standard InChI is InChI=1S/C14H9F4N3O4S/c1-25-9(22)4-8-12(24)20-13(26-8)21-19-5-6-2-3-7(14(16,17)18)10(15)11(6)23/h2-5,23H,1H3,(H,20,21,24)/b8-4+,19-5?. The Morgan fingerprint density at radius 1 is 1.38 bits per heavy atom. The Hall–Kier alpha value is -2.89. The summed E-state index contributed by atoms with van der Waals surface area (Å²) in [5.74, 6) is -4.45. The van der Waals surface area contributed by atoms with E-state index in [1.54, 1.807) is 0 Å². The highest BCUT2D eigenvalue weighted by Crippen LogP contribution is 2.35. The predicted octanol–water partition coefficient (Wildman–Crippen LogP) is 2.16. The Morgan fingerprint density at radius 2 is 2.08 bits per heavy atom. The highest BCUT2D eigenvalue weighted by molar-refractivity contribution is 8.18. The van der Waals surface area contributed by atoms with Crippen LogP contribution < -0.4 is 5.32 Å². The zero-order valence-electron chi connectivity index (χ0n) is 12.8. The molecule has 1 aromatic carbocycles. The Kier molecular flexibility index (Phi) is 5.65. The number of amidine groups is 1. The molecule has 2 rings (SSSR count). The number of carbonyl (C=O) groups is 2. The lowest BCUT2D eigenvalue weighted by atomic mass is 10.1. The third-order valence-electron chi connectivity index (χ3n) is 2.90. The number of alkyl halides is 3. The zero-order valence-corrected chi connectivity index (χ0v) is 13.6. The van der Waals surface area contributed by atoms with Crippen LogP contribution in [0.5, 0.6) is 5.75 Å². The van der Waals surface area contributed by atoms with Gasteiger partial charge in [0.05, 0.1) is 23.8 Å². The van der Waals surface area contributed by atoms with Crippen LogP contribution in [0, 0.1) is 5.82 Å². The molecule has 1 aliphatic rings. The molecular formula is C14H9F4N3O4S. The van der Waals surface area contributed by atoms with Crippen molar-refractivity contribution in [3.63, 3.8) is 0 Å². The van der Waals surface area contributed by atoms with Crippen molar-refractivity contribution in [2.75, 3.05) is 7.11 Å². The molecule has 0 saturated carbocycles. The van der Waals surface area contributed by atoms with E-state index in [1.165, 1.54) is 0 Å². The minimum Gasteiger partial charge on any atom is -0.504 e. The number of carbonyl (C=O) groups excluding carboxylic acids is 2. The van der Waals surface area contributed by atoms with Crippen molar-refractivity contribution >= 4 is 35.0 Å². The smallest absolute Gasteiger partial charge is 0.419 e. The first kappa shape index (κ1) is 19.4. The van der Waals surface area contributed by atoms with Gasteiger partial charge in [-0.1, -0.05) is 0 Å². The van der Waals surface area contributed by atoms with Gasteiger partial charge in [0, 0.05) is 11.6 Å². The summed E-state index contributed by atoms with van der Waals surface area (Å²) in [6, 6.07) is 1.26. The quantitative estimate of drug-likeness (QED) is 0.270. The van der Waals surface area contributed by atoms with Crippen LogP contribution in [-0.4, -0.2) is 35.5 Å². The molecule has 1 fully saturated rings. The monoisotopic (exact) mass is 391 g/mol. The third-order valence-corrected chi connectivity index (χ3v) is 3.80. The number of phenols is 1. The minimum absolute atomic E-state index is 0.00535. The molecule has 1 saturated heterocycles. The molecule has 1 amide bonds. The van der Waals surface area contributed by atoms with Gasteiger partial charge in [0.1, 0.15) is 0 Å². The van der Waals surface area contributed by atoms with Gasteiger partial charge in [0.25, 0.3) is 5.91 Å². The van der Waals surface area contributed by atoms with Gasteiger partial charge in [-0.15, -0.1) is 5.10 Å². The number of rotatable bonds is 3. The van der Waals surface area contributed by atoms with Crippen molar-refractivity contribution in [3.8, 4) is 5.75 Å². The van der Waals surface area contributed by atoms with Crippen LogP contribution in [0.15, 0.2) is 33.3 Å². The number of nitrogens with one attached hydrogen (secondary N) is 1. The Balaban J connectivity index is 2.18. The average molecular weight is 391 g/mol. The lowest BCUT2D eigenvalue weighted by Crippen LogP contribution is -2.19. The lowest BCUT2D eigenvalue weighted by Gasteiger charge is -2.09. The SMILES string of the molecule is COC(=O)/C=C1/S/C(=N\N=Cc2ccc(C(F)(F)F)c(F)c2O)NC1=O. The number of esters is 1. The zero-order chi connectivity index (χ0) is 19.5. The van der Waals surface area contributed by atoms with Crippen molar-refractivity contribution < 1.29 is 37.0 Å². The van der Waals surface area contributed by atoms with Gasteiger partial charge in [-0.05, 0) is 23.9 Å². The van der Waals surface area contributed by atoms with Gasteiger partial charge in [-0.25, -0.2) is 9.18 Å². The van der Waals surface area contributed by atoms with E-state index in [4.69, 9.17) is 0 Å². The van der Waals surface area contributed by atoms with Gasteiger partial charge in [0.15, 0.2) is 16.7 Å². The fourth-order valence-corrected chi connectivity index (χ4v) is 2.43. The maximum atomic E-state index is 13.6. The van der Waals surface area contributed by atoms with Crippen LogP contribution in [0.25, 0.3) is 0 Å². The number of aromatic hydroxyl groups is 1. The summed E-state index contributed by atoms with van der Waals surface area (Å²) < 4.78 is 55.5. The molecular weight excluding hydrogens is 382 g/mol. The number of benzene rings is 1. The van der Waals surface area contributed by atoms with E-state index in [-0.39, 0.29) is 15.6 Å². The number of amides is 1. The van der Waals surface area contributed by atoms with Crippen LogP contribution >= 0.6 is 11.8 Å². The largest absolute Gasteiger partial charge is 0.504 e. The van der Waals surface area contributed by atoms with Crippen molar-refractivity contribution in [1.29, 1.82) is 0 Å².